The molecule has 0 bridgehead atoms. The maximum atomic E-state index is 11.3. The van der Waals surface area contributed by atoms with E-state index in [0.717, 1.165) is 23.4 Å². The molecule has 5 heteroatoms. The molecule has 0 saturated carbocycles. The van der Waals surface area contributed by atoms with Crippen LogP contribution < -0.4 is 15.5 Å². The second kappa shape index (κ2) is 5.95. The van der Waals surface area contributed by atoms with Gasteiger partial charge in [0.05, 0.1) is 5.70 Å². The minimum Gasteiger partial charge on any atom is -0.489 e. The summed E-state index contributed by atoms with van der Waals surface area (Å²) in [6.07, 6.45) is 2.21. The van der Waals surface area contributed by atoms with E-state index < -0.39 is 6.09 Å². The summed E-state index contributed by atoms with van der Waals surface area (Å²) in [4.78, 5) is 16.2. The zero-order valence-corrected chi connectivity index (χ0v) is 10.2. The first-order valence-corrected chi connectivity index (χ1v) is 5.94. The number of carbonyl (C=O) groups is 1. The lowest BCUT2D eigenvalue weighted by atomic mass is 10.1. The van der Waals surface area contributed by atoms with Crippen molar-refractivity contribution in [3.63, 3.8) is 0 Å². The van der Waals surface area contributed by atoms with Crippen molar-refractivity contribution in [2.45, 2.75) is 13.3 Å². The predicted molar refractivity (Wildman–Crippen MR) is 67.8 cm³/mol. The Morgan fingerprint density at radius 1 is 1.44 bits per heavy atom. The molecule has 0 fully saturated rings. The van der Waals surface area contributed by atoms with Crippen molar-refractivity contribution in [1.82, 2.24) is 10.8 Å². The van der Waals surface area contributed by atoms with Crippen LogP contribution in [0.2, 0.25) is 0 Å². The van der Waals surface area contributed by atoms with E-state index in [0.29, 0.717) is 13.2 Å². The van der Waals surface area contributed by atoms with Crippen LogP contribution in [0.15, 0.2) is 30.3 Å². The van der Waals surface area contributed by atoms with Crippen LogP contribution in [0.5, 0.6) is 5.75 Å². The first kappa shape index (κ1) is 12.3. The van der Waals surface area contributed by atoms with Crippen molar-refractivity contribution in [2.24, 2.45) is 0 Å². The van der Waals surface area contributed by atoms with Crippen LogP contribution in [0.1, 0.15) is 18.9 Å². The molecule has 0 atom stereocenters. The van der Waals surface area contributed by atoms with Crippen molar-refractivity contribution >= 4 is 11.8 Å². The Morgan fingerprint density at radius 2 is 2.28 bits per heavy atom. The number of benzene rings is 1. The smallest absolute Gasteiger partial charge is 0.431 e. The van der Waals surface area contributed by atoms with E-state index >= 15 is 0 Å². The van der Waals surface area contributed by atoms with E-state index in [9.17, 15) is 4.79 Å². The lowest BCUT2D eigenvalue weighted by Crippen LogP contribution is -2.30. The monoisotopic (exact) mass is 248 g/mol. The van der Waals surface area contributed by atoms with Crippen LogP contribution in [-0.2, 0) is 4.84 Å². The van der Waals surface area contributed by atoms with E-state index in [1.54, 1.807) is 0 Å². The highest BCUT2D eigenvalue weighted by Crippen LogP contribution is 2.27. The largest absolute Gasteiger partial charge is 0.489 e. The van der Waals surface area contributed by atoms with Gasteiger partial charge in [0.25, 0.3) is 0 Å². The predicted octanol–water partition coefficient (Wildman–Crippen LogP) is 2.06. The SMILES string of the molecule is CCCNC(=O)ONC1=CCOc2ccccc21. The topological polar surface area (TPSA) is 59.6 Å². The van der Waals surface area contributed by atoms with Gasteiger partial charge in [-0.15, -0.1) is 0 Å². The third-order valence-electron chi connectivity index (χ3n) is 2.48. The van der Waals surface area contributed by atoms with Crippen LogP contribution >= 0.6 is 0 Å². The number of amides is 1. The van der Waals surface area contributed by atoms with Crippen LogP contribution in [0.3, 0.4) is 0 Å². The summed E-state index contributed by atoms with van der Waals surface area (Å²) in [5, 5.41) is 2.61. The fourth-order valence-electron chi connectivity index (χ4n) is 1.60. The lowest BCUT2D eigenvalue weighted by molar-refractivity contribution is 0.115. The van der Waals surface area contributed by atoms with Crippen molar-refractivity contribution in [3.05, 3.63) is 35.9 Å². The number of fused-ring (bicyclic) bond motifs is 1. The summed E-state index contributed by atoms with van der Waals surface area (Å²) in [5.41, 5.74) is 4.28. The Balaban J connectivity index is 1.94. The van der Waals surface area contributed by atoms with Gasteiger partial charge in [0.15, 0.2) is 0 Å². The number of para-hydroxylation sites is 1. The van der Waals surface area contributed by atoms with Gasteiger partial charge in [-0.1, -0.05) is 19.1 Å². The van der Waals surface area contributed by atoms with Crippen molar-refractivity contribution in [2.75, 3.05) is 13.2 Å². The highest BCUT2D eigenvalue weighted by molar-refractivity contribution is 5.72. The summed E-state index contributed by atoms with van der Waals surface area (Å²) in [6.45, 7) is 3.03. The van der Waals surface area contributed by atoms with Crippen molar-refractivity contribution in [3.8, 4) is 5.75 Å². The average Bonchev–Trinajstić information content (AvgIpc) is 2.42. The van der Waals surface area contributed by atoms with Crippen LogP contribution in [-0.4, -0.2) is 19.2 Å². The fraction of sp³-hybridized carbons (Fsp3) is 0.308. The van der Waals surface area contributed by atoms with Gasteiger partial charge in [-0.2, -0.15) is 0 Å². The second-order valence-electron chi connectivity index (χ2n) is 3.84. The summed E-state index contributed by atoms with van der Waals surface area (Å²) >= 11 is 0. The molecule has 1 heterocycles. The molecule has 0 radical (unpaired) electrons. The Morgan fingerprint density at radius 3 is 3.11 bits per heavy atom. The highest BCUT2D eigenvalue weighted by Gasteiger charge is 2.14. The first-order valence-electron chi connectivity index (χ1n) is 5.94. The molecule has 1 aliphatic rings. The summed E-state index contributed by atoms with van der Waals surface area (Å²) in [7, 11) is 0. The third kappa shape index (κ3) is 2.94. The summed E-state index contributed by atoms with van der Waals surface area (Å²) in [6, 6.07) is 7.58. The molecule has 2 N–H and O–H groups in total. The van der Waals surface area contributed by atoms with Crippen LogP contribution in [0.4, 0.5) is 4.79 Å². The molecule has 96 valence electrons. The maximum Gasteiger partial charge on any atom is 0.431 e. The number of hydrogen-bond acceptors (Lipinski definition) is 4. The zero-order chi connectivity index (χ0) is 12.8. The van der Waals surface area contributed by atoms with Gasteiger partial charge < -0.3 is 14.9 Å². The number of ether oxygens (including phenoxy) is 1. The third-order valence-corrected chi connectivity index (χ3v) is 2.48. The fourth-order valence-corrected chi connectivity index (χ4v) is 1.60. The van der Waals surface area contributed by atoms with Gasteiger partial charge in [-0.25, -0.2) is 10.3 Å². The van der Waals surface area contributed by atoms with E-state index in [-0.39, 0.29) is 0 Å². The molecule has 0 saturated heterocycles. The molecule has 1 amide bonds. The van der Waals surface area contributed by atoms with Gasteiger partial charge in [-0.05, 0) is 24.6 Å². The van der Waals surface area contributed by atoms with Gasteiger partial charge in [0.1, 0.15) is 12.4 Å². The number of hydroxylamine groups is 1. The number of rotatable bonds is 4. The first-order chi connectivity index (χ1) is 8.81. The van der Waals surface area contributed by atoms with E-state index in [4.69, 9.17) is 9.57 Å². The molecule has 0 spiro atoms. The number of nitrogens with one attached hydrogen (secondary N) is 2. The van der Waals surface area contributed by atoms with Crippen LogP contribution in [0.25, 0.3) is 5.70 Å². The standard InChI is InChI=1S/C13H16N2O3/c1-2-8-14-13(16)18-15-11-7-9-17-12-6-4-3-5-10(11)12/h3-7,15H,2,8-9H2,1H3,(H,14,16). The summed E-state index contributed by atoms with van der Waals surface area (Å²) in [5.74, 6) is 0.778. The van der Waals surface area contributed by atoms with Gasteiger partial charge in [0.2, 0.25) is 0 Å². The van der Waals surface area contributed by atoms with E-state index in [2.05, 4.69) is 10.8 Å². The molecular formula is C13H16N2O3. The molecule has 1 aromatic carbocycles. The molecule has 0 aliphatic carbocycles. The molecule has 0 aromatic heterocycles. The lowest BCUT2D eigenvalue weighted by Gasteiger charge is -2.19. The quantitative estimate of drug-likeness (QED) is 0.801. The maximum absolute atomic E-state index is 11.3. The molecule has 1 aromatic rings. The molecular weight excluding hydrogens is 232 g/mol. The Bertz CT molecular complexity index is 457. The molecule has 5 nitrogen and oxygen atoms in total. The molecule has 18 heavy (non-hydrogen) atoms. The van der Waals surface area contributed by atoms with E-state index in [1.165, 1.54) is 0 Å². The Labute approximate surface area is 106 Å². The summed E-state index contributed by atoms with van der Waals surface area (Å²) < 4.78 is 5.45. The second-order valence-corrected chi connectivity index (χ2v) is 3.84. The van der Waals surface area contributed by atoms with Gasteiger partial charge in [-0.3, -0.25) is 0 Å². The van der Waals surface area contributed by atoms with Crippen molar-refractivity contribution in [1.29, 1.82) is 0 Å². The number of hydrogen-bond donors (Lipinski definition) is 2. The highest BCUT2D eigenvalue weighted by atomic mass is 16.7. The molecule has 0 unspecified atom stereocenters. The number of carbonyl (C=O) groups excluding carboxylic acids is 1. The minimum atomic E-state index is -0.485. The minimum absolute atomic E-state index is 0.458. The normalized spacial score (nSPS) is 12.8. The molecule has 1 aliphatic heterocycles. The van der Waals surface area contributed by atoms with Gasteiger partial charge in [0, 0.05) is 12.1 Å². The Kier molecular flexibility index (Phi) is 4.06. The molecule has 2 rings (SSSR count). The Hall–Kier alpha value is -2.17. The van der Waals surface area contributed by atoms with Crippen molar-refractivity contribution < 1.29 is 14.4 Å². The van der Waals surface area contributed by atoms with Gasteiger partial charge >= 0.3 is 6.09 Å². The zero-order valence-electron chi connectivity index (χ0n) is 10.2. The van der Waals surface area contributed by atoms with E-state index in [1.807, 2.05) is 37.3 Å². The van der Waals surface area contributed by atoms with Crippen LogP contribution in [0, 0.1) is 0 Å². The average molecular weight is 248 g/mol.